The van der Waals surface area contributed by atoms with E-state index in [0.29, 0.717) is 5.82 Å². The number of nitrogens with zero attached hydrogens (tertiary/aromatic N) is 4. The standard InChI is InChI=1S/C13H15N5O/c1-3-14-8-11-7-10-6-9(4-5-12(10)19-11)13-15-17-18(2)16-13/h4-7,14H,3,8H2,1-2H3. The third kappa shape index (κ3) is 2.34. The van der Waals surface area contributed by atoms with Gasteiger partial charge < -0.3 is 9.73 Å². The minimum atomic E-state index is 0.624. The quantitative estimate of drug-likeness (QED) is 0.771. The molecule has 0 spiro atoms. The maximum absolute atomic E-state index is 5.74. The predicted molar refractivity (Wildman–Crippen MR) is 71.4 cm³/mol. The van der Waals surface area contributed by atoms with Crippen molar-refractivity contribution in [1.82, 2.24) is 25.5 Å². The zero-order valence-corrected chi connectivity index (χ0v) is 10.9. The lowest BCUT2D eigenvalue weighted by Gasteiger charge is -1.95. The molecule has 6 nitrogen and oxygen atoms in total. The number of furan rings is 1. The molecule has 19 heavy (non-hydrogen) atoms. The Morgan fingerprint density at radius 3 is 2.95 bits per heavy atom. The Morgan fingerprint density at radius 1 is 1.32 bits per heavy atom. The second-order valence-electron chi connectivity index (χ2n) is 4.35. The summed E-state index contributed by atoms with van der Waals surface area (Å²) in [5.41, 5.74) is 1.82. The van der Waals surface area contributed by atoms with Gasteiger partial charge in [0.1, 0.15) is 11.3 Å². The number of tetrazole rings is 1. The van der Waals surface area contributed by atoms with Crippen molar-refractivity contribution >= 4 is 11.0 Å². The molecule has 1 aromatic carbocycles. The van der Waals surface area contributed by atoms with E-state index in [9.17, 15) is 0 Å². The lowest BCUT2D eigenvalue weighted by atomic mass is 10.1. The van der Waals surface area contributed by atoms with Gasteiger partial charge in [-0.2, -0.15) is 4.80 Å². The van der Waals surface area contributed by atoms with Gasteiger partial charge in [-0.25, -0.2) is 0 Å². The van der Waals surface area contributed by atoms with Crippen molar-refractivity contribution < 1.29 is 4.42 Å². The normalized spacial score (nSPS) is 11.3. The maximum Gasteiger partial charge on any atom is 0.204 e. The number of rotatable bonds is 4. The fraction of sp³-hybridized carbons (Fsp3) is 0.308. The highest BCUT2D eigenvalue weighted by molar-refractivity contribution is 5.82. The summed E-state index contributed by atoms with van der Waals surface area (Å²) in [6.07, 6.45) is 0. The first-order valence-electron chi connectivity index (χ1n) is 6.24. The van der Waals surface area contributed by atoms with Crippen LogP contribution in [0.5, 0.6) is 0 Å². The first kappa shape index (κ1) is 11.9. The van der Waals surface area contributed by atoms with Gasteiger partial charge in [0.05, 0.1) is 13.6 Å². The fourth-order valence-electron chi connectivity index (χ4n) is 1.97. The van der Waals surface area contributed by atoms with Crippen molar-refractivity contribution in [3.8, 4) is 11.4 Å². The van der Waals surface area contributed by atoms with Gasteiger partial charge in [0.15, 0.2) is 0 Å². The van der Waals surface area contributed by atoms with E-state index in [1.54, 1.807) is 7.05 Å². The zero-order valence-electron chi connectivity index (χ0n) is 10.9. The molecule has 2 aromatic heterocycles. The monoisotopic (exact) mass is 257 g/mol. The van der Waals surface area contributed by atoms with Crippen LogP contribution >= 0.6 is 0 Å². The summed E-state index contributed by atoms with van der Waals surface area (Å²) in [5.74, 6) is 1.56. The second-order valence-corrected chi connectivity index (χ2v) is 4.35. The maximum atomic E-state index is 5.74. The molecular weight excluding hydrogens is 242 g/mol. The number of fused-ring (bicyclic) bond motifs is 1. The average Bonchev–Trinajstić information content (AvgIpc) is 3.01. The summed E-state index contributed by atoms with van der Waals surface area (Å²) < 4.78 is 5.74. The Bertz CT molecular complexity index is 700. The molecule has 2 heterocycles. The highest BCUT2D eigenvalue weighted by Crippen LogP contribution is 2.24. The highest BCUT2D eigenvalue weighted by atomic mass is 16.3. The van der Waals surface area contributed by atoms with Crippen molar-refractivity contribution in [3.63, 3.8) is 0 Å². The van der Waals surface area contributed by atoms with Crippen LogP contribution in [-0.4, -0.2) is 26.8 Å². The molecule has 1 N–H and O–H groups in total. The van der Waals surface area contributed by atoms with E-state index in [1.165, 1.54) is 4.80 Å². The topological polar surface area (TPSA) is 68.8 Å². The Balaban J connectivity index is 1.96. The third-order valence-corrected chi connectivity index (χ3v) is 2.88. The molecule has 98 valence electrons. The summed E-state index contributed by atoms with van der Waals surface area (Å²) in [4.78, 5) is 1.45. The molecule has 3 rings (SSSR count). The zero-order chi connectivity index (χ0) is 13.2. The highest BCUT2D eigenvalue weighted by Gasteiger charge is 2.08. The van der Waals surface area contributed by atoms with Gasteiger partial charge in [-0.15, -0.1) is 10.2 Å². The largest absolute Gasteiger partial charge is 0.460 e. The van der Waals surface area contributed by atoms with Gasteiger partial charge in [-0.1, -0.05) is 6.92 Å². The van der Waals surface area contributed by atoms with E-state index in [2.05, 4.69) is 27.7 Å². The first-order valence-corrected chi connectivity index (χ1v) is 6.24. The number of hydrogen-bond acceptors (Lipinski definition) is 5. The second kappa shape index (κ2) is 4.81. The Kier molecular flexibility index (Phi) is 3.00. The van der Waals surface area contributed by atoms with Crippen molar-refractivity contribution in [2.75, 3.05) is 6.54 Å². The van der Waals surface area contributed by atoms with Crippen LogP contribution < -0.4 is 5.32 Å². The van der Waals surface area contributed by atoms with Crippen LogP contribution in [0.25, 0.3) is 22.4 Å². The summed E-state index contributed by atoms with van der Waals surface area (Å²) >= 11 is 0. The van der Waals surface area contributed by atoms with Crippen LogP contribution in [0.15, 0.2) is 28.7 Å². The smallest absolute Gasteiger partial charge is 0.204 e. The molecule has 6 heteroatoms. The molecule has 0 aliphatic rings. The van der Waals surface area contributed by atoms with E-state index >= 15 is 0 Å². The Labute approximate surface area is 110 Å². The molecule has 0 saturated heterocycles. The molecule has 0 unspecified atom stereocenters. The van der Waals surface area contributed by atoms with Gasteiger partial charge in [0, 0.05) is 10.9 Å². The molecule has 3 aromatic rings. The van der Waals surface area contributed by atoms with Gasteiger partial charge in [0.25, 0.3) is 0 Å². The summed E-state index contributed by atoms with van der Waals surface area (Å²) in [5, 5.41) is 16.3. The molecule has 0 aliphatic carbocycles. The Morgan fingerprint density at radius 2 is 2.21 bits per heavy atom. The number of hydrogen-bond donors (Lipinski definition) is 1. The van der Waals surface area contributed by atoms with Crippen LogP contribution in [-0.2, 0) is 13.6 Å². The molecule has 0 atom stereocenters. The minimum Gasteiger partial charge on any atom is -0.460 e. The predicted octanol–water partition coefficient (Wildman–Crippen LogP) is 1.73. The lowest BCUT2D eigenvalue weighted by molar-refractivity contribution is 0.520. The van der Waals surface area contributed by atoms with Crippen molar-refractivity contribution in [2.24, 2.45) is 7.05 Å². The van der Waals surface area contributed by atoms with E-state index in [1.807, 2.05) is 24.3 Å². The molecular formula is C13H15N5O. The molecule has 0 radical (unpaired) electrons. The molecule has 0 fully saturated rings. The third-order valence-electron chi connectivity index (χ3n) is 2.88. The Hall–Kier alpha value is -2.21. The van der Waals surface area contributed by atoms with E-state index < -0.39 is 0 Å². The lowest BCUT2D eigenvalue weighted by Crippen LogP contribution is -2.10. The number of aryl methyl sites for hydroxylation is 1. The number of nitrogens with one attached hydrogen (secondary N) is 1. The van der Waals surface area contributed by atoms with E-state index in [0.717, 1.165) is 35.4 Å². The van der Waals surface area contributed by atoms with Crippen LogP contribution in [0, 0.1) is 0 Å². The fourth-order valence-corrected chi connectivity index (χ4v) is 1.97. The minimum absolute atomic E-state index is 0.624. The van der Waals surface area contributed by atoms with E-state index in [4.69, 9.17) is 4.42 Å². The SMILES string of the molecule is CCNCc1cc2cc(-c3nnn(C)n3)ccc2o1. The van der Waals surface area contributed by atoms with Crippen LogP contribution in [0.1, 0.15) is 12.7 Å². The van der Waals surface area contributed by atoms with E-state index in [-0.39, 0.29) is 0 Å². The molecule has 0 aliphatic heterocycles. The van der Waals surface area contributed by atoms with Gasteiger partial charge in [-0.3, -0.25) is 0 Å². The number of aromatic nitrogens is 4. The van der Waals surface area contributed by atoms with Crippen LogP contribution in [0.2, 0.25) is 0 Å². The molecule has 0 amide bonds. The summed E-state index contributed by atoms with van der Waals surface area (Å²) in [7, 11) is 1.75. The summed E-state index contributed by atoms with van der Waals surface area (Å²) in [6.45, 7) is 3.73. The van der Waals surface area contributed by atoms with Crippen molar-refractivity contribution in [3.05, 3.63) is 30.0 Å². The van der Waals surface area contributed by atoms with Gasteiger partial charge >= 0.3 is 0 Å². The van der Waals surface area contributed by atoms with Gasteiger partial charge in [0.2, 0.25) is 5.82 Å². The van der Waals surface area contributed by atoms with Gasteiger partial charge in [-0.05, 0) is 36.0 Å². The summed E-state index contributed by atoms with van der Waals surface area (Å²) in [6, 6.07) is 7.94. The van der Waals surface area contributed by atoms with Crippen LogP contribution in [0.4, 0.5) is 0 Å². The van der Waals surface area contributed by atoms with Crippen molar-refractivity contribution in [2.45, 2.75) is 13.5 Å². The molecule has 0 saturated carbocycles. The van der Waals surface area contributed by atoms with Crippen LogP contribution in [0.3, 0.4) is 0 Å². The number of benzene rings is 1. The first-order chi connectivity index (χ1) is 9.26. The average molecular weight is 257 g/mol. The molecule has 0 bridgehead atoms. The van der Waals surface area contributed by atoms with Crippen molar-refractivity contribution in [1.29, 1.82) is 0 Å².